The van der Waals surface area contributed by atoms with Crippen LogP contribution in [0.15, 0.2) is 52.3 Å². The van der Waals surface area contributed by atoms with Crippen molar-refractivity contribution in [3.63, 3.8) is 0 Å². The molecule has 0 saturated carbocycles. The van der Waals surface area contributed by atoms with Gasteiger partial charge in [-0.05, 0) is 55.3 Å². The highest BCUT2D eigenvalue weighted by atomic mass is 35.5. The van der Waals surface area contributed by atoms with Crippen LogP contribution < -0.4 is 10.2 Å². The standard InChI is InChI=1S/C21H21ClN2O2S/c1-4-13(2)23-20(25)15-8-9-18-17(12-15)24(3)21(26)19(27-18)11-14-6-5-7-16(22)10-14/h5-13H,4H2,1-3H3,(H,23,25). The molecule has 1 N–H and O–H groups in total. The van der Waals surface area contributed by atoms with Crippen molar-refractivity contribution in [2.45, 2.75) is 31.2 Å². The summed E-state index contributed by atoms with van der Waals surface area (Å²) in [6, 6.07) is 12.9. The molecule has 140 valence electrons. The molecule has 1 aliphatic rings. The lowest BCUT2D eigenvalue weighted by Crippen LogP contribution is -2.33. The number of hydrogen-bond acceptors (Lipinski definition) is 3. The van der Waals surface area contributed by atoms with Crippen molar-refractivity contribution in [3.05, 3.63) is 63.5 Å². The number of nitrogens with zero attached hydrogens (tertiary/aromatic N) is 1. The van der Waals surface area contributed by atoms with Crippen molar-refractivity contribution in [2.75, 3.05) is 11.9 Å². The van der Waals surface area contributed by atoms with E-state index in [4.69, 9.17) is 11.6 Å². The maximum Gasteiger partial charge on any atom is 0.264 e. The number of nitrogens with one attached hydrogen (secondary N) is 1. The van der Waals surface area contributed by atoms with Gasteiger partial charge in [0.05, 0.1) is 10.6 Å². The van der Waals surface area contributed by atoms with Crippen molar-refractivity contribution >= 4 is 46.9 Å². The highest BCUT2D eigenvalue weighted by Gasteiger charge is 2.27. The predicted octanol–water partition coefficient (Wildman–Crippen LogP) is 4.98. The smallest absolute Gasteiger partial charge is 0.264 e. The molecule has 2 aromatic rings. The normalized spacial score (nSPS) is 16.2. The van der Waals surface area contributed by atoms with Crippen LogP contribution >= 0.6 is 23.4 Å². The minimum absolute atomic E-state index is 0.105. The van der Waals surface area contributed by atoms with Gasteiger partial charge in [-0.25, -0.2) is 0 Å². The monoisotopic (exact) mass is 400 g/mol. The quantitative estimate of drug-likeness (QED) is 0.736. The van der Waals surface area contributed by atoms with Gasteiger partial charge in [-0.3, -0.25) is 9.59 Å². The van der Waals surface area contributed by atoms with E-state index in [-0.39, 0.29) is 17.9 Å². The fourth-order valence-electron chi connectivity index (χ4n) is 2.69. The van der Waals surface area contributed by atoms with Gasteiger partial charge in [-0.1, -0.05) is 42.4 Å². The van der Waals surface area contributed by atoms with E-state index in [1.807, 2.05) is 44.2 Å². The Labute approximate surface area is 168 Å². The first kappa shape index (κ1) is 19.5. The van der Waals surface area contributed by atoms with Gasteiger partial charge >= 0.3 is 0 Å². The molecular weight excluding hydrogens is 380 g/mol. The number of likely N-dealkylation sites (N-methyl/N-ethyl adjacent to an activating group) is 1. The Morgan fingerprint density at radius 2 is 2.07 bits per heavy atom. The maximum atomic E-state index is 12.8. The van der Waals surface area contributed by atoms with Gasteiger partial charge < -0.3 is 10.2 Å². The number of rotatable bonds is 4. The van der Waals surface area contributed by atoms with Gasteiger partial charge in [0.15, 0.2) is 0 Å². The van der Waals surface area contributed by atoms with Crippen molar-refractivity contribution in [1.29, 1.82) is 0 Å². The number of thioether (sulfide) groups is 1. The molecule has 0 fully saturated rings. The molecule has 4 nitrogen and oxygen atoms in total. The fourth-order valence-corrected chi connectivity index (χ4v) is 3.98. The molecule has 1 heterocycles. The van der Waals surface area contributed by atoms with E-state index in [1.54, 1.807) is 30.1 Å². The second-order valence-electron chi connectivity index (χ2n) is 6.50. The van der Waals surface area contributed by atoms with Gasteiger partial charge in [0.2, 0.25) is 0 Å². The third-order valence-corrected chi connectivity index (χ3v) is 5.77. The number of carbonyl (C=O) groups excluding carboxylic acids is 2. The number of anilines is 1. The minimum atomic E-state index is -0.127. The van der Waals surface area contributed by atoms with Gasteiger partial charge in [0.25, 0.3) is 11.8 Å². The minimum Gasteiger partial charge on any atom is -0.350 e. The summed E-state index contributed by atoms with van der Waals surface area (Å²) in [6.45, 7) is 3.99. The molecule has 0 radical (unpaired) electrons. The van der Waals surface area contributed by atoms with Crippen molar-refractivity contribution in [1.82, 2.24) is 5.32 Å². The second kappa shape index (κ2) is 8.19. The summed E-state index contributed by atoms with van der Waals surface area (Å²) in [4.78, 5) is 28.3. The van der Waals surface area contributed by atoms with Gasteiger partial charge in [-0.2, -0.15) is 0 Å². The van der Waals surface area contributed by atoms with Crippen LogP contribution in [0.4, 0.5) is 5.69 Å². The van der Waals surface area contributed by atoms with Crippen LogP contribution in [-0.2, 0) is 4.79 Å². The number of halogens is 1. The molecule has 1 aliphatic heterocycles. The largest absolute Gasteiger partial charge is 0.350 e. The number of hydrogen-bond donors (Lipinski definition) is 1. The Morgan fingerprint density at radius 1 is 1.30 bits per heavy atom. The molecule has 1 atom stereocenters. The van der Waals surface area contributed by atoms with Crippen molar-refractivity contribution < 1.29 is 9.59 Å². The maximum absolute atomic E-state index is 12.8. The number of fused-ring (bicyclic) bond motifs is 1. The van der Waals surface area contributed by atoms with Gasteiger partial charge in [0, 0.05) is 28.6 Å². The average molecular weight is 401 g/mol. The molecule has 0 saturated heterocycles. The first-order valence-electron chi connectivity index (χ1n) is 8.77. The summed E-state index contributed by atoms with van der Waals surface area (Å²) in [5, 5.41) is 3.58. The topological polar surface area (TPSA) is 49.4 Å². The van der Waals surface area contributed by atoms with Crippen molar-refractivity contribution in [3.8, 4) is 0 Å². The van der Waals surface area contributed by atoms with E-state index in [1.165, 1.54) is 11.8 Å². The zero-order valence-corrected chi connectivity index (χ0v) is 17.0. The zero-order chi connectivity index (χ0) is 19.6. The van der Waals surface area contributed by atoms with E-state index in [9.17, 15) is 9.59 Å². The molecular formula is C21H21ClN2O2S. The van der Waals surface area contributed by atoms with Crippen LogP contribution in [0.3, 0.4) is 0 Å². The van der Waals surface area contributed by atoms with E-state index in [0.717, 1.165) is 22.6 Å². The second-order valence-corrected chi connectivity index (χ2v) is 8.02. The highest BCUT2D eigenvalue weighted by Crippen LogP contribution is 2.42. The molecule has 2 amide bonds. The lowest BCUT2D eigenvalue weighted by atomic mass is 10.1. The van der Waals surface area contributed by atoms with Crippen LogP contribution in [0.1, 0.15) is 36.2 Å². The molecule has 3 rings (SSSR count). The third kappa shape index (κ3) is 4.37. The molecule has 2 aromatic carbocycles. The van der Waals surface area contributed by atoms with E-state index in [2.05, 4.69) is 5.32 Å². The predicted molar refractivity (Wildman–Crippen MR) is 112 cm³/mol. The summed E-state index contributed by atoms with van der Waals surface area (Å²) in [5.41, 5.74) is 2.17. The Morgan fingerprint density at radius 3 is 2.78 bits per heavy atom. The van der Waals surface area contributed by atoms with E-state index >= 15 is 0 Å². The highest BCUT2D eigenvalue weighted by molar-refractivity contribution is 8.04. The van der Waals surface area contributed by atoms with Crippen LogP contribution in [0.2, 0.25) is 5.02 Å². The summed E-state index contributed by atoms with van der Waals surface area (Å²) in [6.07, 6.45) is 2.70. The summed E-state index contributed by atoms with van der Waals surface area (Å²) in [5.74, 6) is -0.231. The van der Waals surface area contributed by atoms with Crippen LogP contribution in [-0.4, -0.2) is 24.9 Å². The Balaban J connectivity index is 1.90. The van der Waals surface area contributed by atoms with E-state index < -0.39 is 0 Å². The fraction of sp³-hybridized carbons (Fsp3) is 0.238. The molecule has 6 heteroatoms. The van der Waals surface area contributed by atoms with Crippen molar-refractivity contribution in [2.24, 2.45) is 0 Å². The van der Waals surface area contributed by atoms with Crippen LogP contribution in [0.5, 0.6) is 0 Å². The zero-order valence-electron chi connectivity index (χ0n) is 15.5. The summed E-state index contributed by atoms with van der Waals surface area (Å²) in [7, 11) is 1.73. The first-order valence-corrected chi connectivity index (χ1v) is 9.96. The lowest BCUT2D eigenvalue weighted by molar-refractivity contribution is -0.114. The molecule has 0 aromatic heterocycles. The van der Waals surface area contributed by atoms with E-state index in [0.29, 0.717) is 15.5 Å². The Hall–Kier alpha value is -2.24. The molecule has 27 heavy (non-hydrogen) atoms. The average Bonchev–Trinajstić information content (AvgIpc) is 2.65. The first-order chi connectivity index (χ1) is 12.9. The number of benzene rings is 2. The number of carbonyl (C=O) groups is 2. The molecule has 0 spiro atoms. The Kier molecular flexibility index (Phi) is 5.92. The van der Waals surface area contributed by atoms with Gasteiger partial charge in [0.1, 0.15) is 0 Å². The molecule has 0 aliphatic carbocycles. The molecule has 0 bridgehead atoms. The third-order valence-electron chi connectivity index (χ3n) is 4.45. The summed E-state index contributed by atoms with van der Waals surface area (Å²) >= 11 is 7.44. The lowest BCUT2D eigenvalue weighted by Gasteiger charge is -2.27. The number of amides is 2. The van der Waals surface area contributed by atoms with Crippen LogP contribution in [0.25, 0.3) is 6.08 Å². The van der Waals surface area contributed by atoms with Gasteiger partial charge in [-0.15, -0.1) is 0 Å². The molecule has 1 unspecified atom stereocenters. The SMILES string of the molecule is CCC(C)NC(=O)c1ccc2c(c1)N(C)C(=O)C(=Cc1cccc(Cl)c1)S2. The Bertz CT molecular complexity index is 926. The summed E-state index contributed by atoms with van der Waals surface area (Å²) < 4.78 is 0. The van der Waals surface area contributed by atoms with Crippen LogP contribution in [0, 0.1) is 0 Å².